The van der Waals surface area contributed by atoms with Crippen molar-refractivity contribution in [1.82, 2.24) is 14.7 Å². The van der Waals surface area contributed by atoms with Gasteiger partial charge in [0, 0.05) is 19.6 Å². The van der Waals surface area contributed by atoms with Crippen LogP contribution in [0.1, 0.15) is 46.0 Å². The predicted octanol–water partition coefficient (Wildman–Crippen LogP) is 1.81. The monoisotopic (exact) mass is 323 g/mol. The van der Waals surface area contributed by atoms with Crippen molar-refractivity contribution in [2.24, 2.45) is 0 Å². The summed E-state index contributed by atoms with van der Waals surface area (Å²) in [5.74, 6) is -0.0578. The fourth-order valence-electron chi connectivity index (χ4n) is 4.26. The van der Waals surface area contributed by atoms with E-state index in [0.29, 0.717) is 32.7 Å². The highest BCUT2D eigenvalue weighted by molar-refractivity contribution is 6.07. The Kier molecular flexibility index (Phi) is 4.21. The molecule has 0 aliphatic carbocycles. The van der Waals surface area contributed by atoms with Crippen LogP contribution in [0.25, 0.3) is 0 Å². The number of carbonyl (C=O) groups excluding carboxylic acids is 3. The van der Waals surface area contributed by atoms with Gasteiger partial charge in [-0.1, -0.05) is 13.3 Å². The maximum Gasteiger partial charge on any atom is 0.409 e. The van der Waals surface area contributed by atoms with E-state index in [1.54, 1.807) is 16.7 Å². The van der Waals surface area contributed by atoms with Gasteiger partial charge in [0.2, 0.25) is 0 Å². The van der Waals surface area contributed by atoms with Gasteiger partial charge in [-0.25, -0.2) is 9.59 Å². The Morgan fingerprint density at radius 1 is 1.30 bits per heavy atom. The fraction of sp³-hybridized carbons (Fsp3) is 0.812. The lowest BCUT2D eigenvalue weighted by atomic mass is 9.90. The molecule has 4 amide bonds. The lowest BCUT2D eigenvalue weighted by molar-refractivity contribution is -0.134. The van der Waals surface area contributed by atoms with E-state index in [1.807, 2.05) is 6.92 Å². The molecule has 0 spiro atoms. The summed E-state index contributed by atoms with van der Waals surface area (Å²) in [5, 5.41) is 0. The Bertz CT molecular complexity index is 523. The van der Waals surface area contributed by atoms with Crippen LogP contribution in [0.4, 0.5) is 9.59 Å². The highest BCUT2D eigenvalue weighted by Crippen LogP contribution is 2.42. The number of ether oxygens (including phenoxy) is 1. The Morgan fingerprint density at radius 2 is 2.09 bits per heavy atom. The number of imide groups is 1. The minimum atomic E-state index is -0.622. The number of carbonyl (C=O) groups is 3. The average molecular weight is 323 g/mol. The molecule has 0 N–H and O–H groups in total. The summed E-state index contributed by atoms with van der Waals surface area (Å²) < 4.78 is 5.01. The Morgan fingerprint density at radius 3 is 2.78 bits per heavy atom. The van der Waals surface area contributed by atoms with Crippen LogP contribution in [0, 0.1) is 0 Å². The number of urea groups is 1. The Balaban J connectivity index is 1.76. The Hall–Kier alpha value is -1.79. The van der Waals surface area contributed by atoms with E-state index in [0.717, 1.165) is 25.7 Å². The smallest absolute Gasteiger partial charge is 0.409 e. The van der Waals surface area contributed by atoms with Gasteiger partial charge in [0.05, 0.1) is 12.6 Å². The van der Waals surface area contributed by atoms with Crippen molar-refractivity contribution >= 4 is 18.0 Å². The van der Waals surface area contributed by atoms with Crippen LogP contribution in [0.2, 0.25) is 0 Å². The van der Waals surface area contributed by atoms with Gasteiger partial charge >= 0.3 is 12.1 Å². The van der Waals surface area contributed by atoms with Crippen LogP contribution >= 0.6 is 0 Å². The number of hydrogen-bond donors (Lipinski definition) is 0. The zero-order valence-corrected chi connectivity index (χ0v) is 13.9. The summed E-state index contributed by atoms with van der Waals surface area (Å²) in [6.45, 7) is 5.71. The molecule has 3 saturated heterocycles. The van der Waals surface area contributed by atoms with Crippen molar-refractivity contribution in [2.45, 2.75) is 57.5 Å². The predicted molar refractivity (Wildman–Crippen MR) is 82.8 cm³/mol. The molecule has 3 fully saturated rings. The molecule has 0 radical (unpaired) electrons. The van der Waals surface area contributed by atoms with Gasteiger partial charge in [-0.3, -0.25) is 9.69 Å². The molecule has 3 heterocycles. The van der Waals surface area contributed by atoms with Crippen LogP contribution in [0.3, 0.4) is 0 Å². The molecule has 3 aliphatic heterocycles. The third kappa shape index (κ3) is 2.37. The van der Waals surface area contributed by atoms with Crippen molar-refractivity contribution in [1.29, 1.82) is 0 Å². The van der Waals surface area contributed by atoms with Crippen LogP contribution in [0.5, 0.6) is 0 Å². The number of rotatable bonds is 4. The molecular formula is C16H25N3O4. The molecule has 0 unspecified atom stereocenters. The first kappa shape index (κ1) is 16.1. The molecule has 3 rings (SSSR count). The molecule has 0 aromatic rings. The number of hydrogen-bond acceptors (Lipinski definition) is 4. The van der Waals surface area contributed by atoms with Gasteiger partial charge in [0.25, 0.3) is 5.91 Å². The van der Waals surface area contributed by atoms with Crippen molar-refractivity contribution < 1.29 is 19.1 Å². The first-order valence-corrected chi connectivity index (χ1v) is 8.62. The molecule has 0 saturated carbocycles. The van der Waals surface area contributed by atoms with E-state index in [4.69, 9.17) is 4.74 Å². The van der Waals surface area contributed by atoms with E-state index in [2.05, 4.69) is 0 Å². The normalized spacial score (nSPS) is 30.3. The maximum atomic E-state index is 13.0. The number of nitrogens with zero attached hydrogens (tertiary/aromatic N) is 3. The molecule has 0 aromatic heterocycles. The lowest BCUT2D eigenvalue weighted by Crippen LogP contribution is -2.47. The highest BCUT2D eigenvalue weighted by atomic mass is 16.6. The second-order valence-corrected chi connectivity index (χ2v) is 6.58. The van der Waals surface area contributed by atoms with Gasteiger partial charge in [0.15, 0.2) is 0 Å². The van der Waals surface area contributed by atoms with E-state index >= 15 is 0 Å². The number of fused-ring (bicyclic) bond motifs is 1. The lowest BCUT2D eigenvalue weighted by Gasteiger charge is -2.27. The van der Waals surface area contributed by atoms with Gasteiger partial charge < -0.3 is 14.5 Å². The third-order valence-corrected chi connectivity index (χ3v) is 5.26. The summed E-state index contributed by atoms with van der Waals surface area (Å²) in [6, 6.07) is -0.393. The average Bonchev–Trinajstić information content (AvgIpc) is 3.19. The van der Waals surface area contributed by atoms with E-state index in [-0.39, 0.29) is 24.1 Å². The van der Waals surface area contributed by atoms with E-state index in [1.165, 1.54) is 4.90 Å². The van der Waals surface area contributed by atoms with Crippen molar-refractivity contribution in [2.75, 3.05) is 26.2 Å². The fourth-order valence-corrected chi connectivity index (χ4v) is 4.26. The van der Waals surface area contributed by atoms with Gasteiger partial charge in [-0.2, -0.15) is 0 Å². The van der Waals surface area contributed by atoms with Crippen LogP contribution in [-0.4, -0.2) is 70.6 Å². The van der Waals surface area contributed by atoms with Gasteiger partial charge in [-0.05, 0) is 32.6 Å². The molecule has 0 bridgehead atoms. The highest BCUT2D eigenvalue weighted by Gasteiger charge is 2.60. The molecule has 23 heavy (non-hydrogen) atoms. The number of likely N-dealkylation sites (tertiary alicyclic amines) is 1. The summed E-state index contributed by atoms with van der Waals surface area (Å²) >= 11 is 0. The second kappa shape index (κ2) is 6.02. The molecule has 0 aromatic carbocycles. The summed E-state index contributed by atoms with van der Waals surface area (Å²) in [5.41, 5.74) is -0.622. The largest absolute Gasteiger partial charge is 0.450 e. The van der Waals surface area contributed by atoms with Crippen molar-refractivity contribution in [3.63, 3.8) is 0 Å². The Labute approximate surface area is 136 Å². The van der Waals surface area contributed by atoms with E-state index in [9.17, 15) is 14.4 Å². The topological polar surface area (TPSA) is 70.2 Å². The summed E-state index contributed by atoms with van der Waals surface area (Å²) in [4.78, 5) is 42.4. The zero-order valence-electron chi connectivity index (χ0n) is 13.9. The van der Waals surface area contributed by atoms with Crippen molar-refractivity contribution in [3.8, 4) is 0 Å². The minimum Gasteiger partial charge on any atom is -0.450 e. The van der Waals surface area contributed by atoms with Crippen LogP contribution in [-0.2, 0) is 9.53 Å². The molecule has 7 heteroatoms. The summed E-state index contributed by atoms with van der Waals surface area (Å²) in [6.07, 6.45) is 3.52. The second-order valence-electron chi connectivity index (χ2n) is 6.58. The van der Waals surface area contributed by atoms with Crippen molar-refractivity contribution in [3.05, 3.63) is 0 Å². The number of amides is 4. The molecule has 3 aliphatic rings. The molecule has 128 valence electrons. The standard InChI is InChI=1S/C16H25N3O4/c1-3-7-16-8-5-9-18(16)14(21)19(13(16)20)12-6-10-17(11-12)15(22)23-4-2/h12H,3-11H2,1-2H3/t12-,16+/m0/s1. The quantitative estimate of drug-likeness (QED) is 0.740. The minimum absolute atomic E-state index is 0.0578. The molecular weight excluding hydrogens is 298 g/mol. The first-order valence-electron chi connectivity index (χ1n) is 8.62. The molecule has 2 atom stereocenters. The van der Waals surface area contributed by atoms with Crippen LogP contribution < -0.4 is 0 Å². The first-order chi connectivity index (χ1) is 11.0. The molecule has 7 nitrogen and oxygen atoms in total. The maximum absolute atomic E-state index is 13.0. The zero-order chi connectivity index (χ0) is 16.6. The van der Waals surface area contributed by atoms with Gasteiger partial charge in [-0.15, -0.1) is 0 Å². The van der Waals surface area contributed by atoms with Gasteiger partial charge in [0.1, 0.15) is 5.54 Å². The SMILES string of the molecule is CCC[C@]12CCCN1C(=O)N([C@H]1CCN(C(=O)OCC)C1)C2=O. The third-order valence-electron chi connectivity index (χ3n) is 5.26. The van der Waals surface area contributed by atoms with Crippen LogP contribution in [0.15, 0.2) is 0 Å². The van der Waals surface area contributed by atoms with E-state index < -0.39 is 5.54 Å². The summed E-state index contributed by atoms with van der Waals surface area (Å²) in [7, 11) is 0.